The predicted molar refractivity (Wildman–Crippen MR) is 144 cm³/mol. The first-order chi connectivity index (χ1) is 17.9. The molecule has 1 aliphatic heterocycles. The summed E-state index contributed by atoms with van der Waals surface area (Å²) in [6.45, 7) is 6.87. The fraction of sp³-hybridized carbons (Fsp3) is 0.276. The number of Topliss-reactive ketones (excluding diaryl/α,β-unsaturated/α-hetero) is 1. The number of aryl methyl sites for hydroxylation is 2. The number of aromatic nitrogens is 4. The fourth-order valence-electron chi connectivity index (χ4n) is 4.91. The van der Waals surface area contributed by atoms with Gasteiger partial charge in [0.15, 0.2) is 11.4 Å². The van der Waals surface area contributed by atoms with E-state index in [-0.39, 0.29) is 17.7 Å². The molecule has 2 aromatic heterocycles. The number of nitrogens with zero attached hydrogens (tertiary/aromatic N) is 5. The summed E-state index contributed by atoms with van der Waals surface area (Å²) in [4.78, 5) is 35.3. The number of piperidine rings is 1. The van der Waals surface area contributed by atoms with Crippen LogP contribution in [0.5, 0.6) is 0 Å². The van der Waals surface area contributed by atoms with Crippen molar-refractivity contribution < 1.29 is 9.59 Å². The number of ketones is 1. The fourth-order valence-corrected chi connectivity index (χ4v) is 4.91. The third kappa shape index (κ3) is 5.00. The van der Waals surface area contributed by atoms with Gasteiger partial charge in [-0.2, -0.15) is 5.10 Å². The zero-order valence-corrected chi connectivity index (χ0v) is 20.9. The van der Waals surface area contributed by atoms with Crippen molar-refractivity contribution in [3.8, 4) is 11.3 Å². The SMILES string of the molecule is C=CC(=O)N1CCC[C@@H](n2nc(-c3ccc(CCC(=O)c4ccc(C)cc4)cc3)c3c(N)ncnc32)C1. The summed E-state index contributed by atoms with van der Waals surface area (Å²) < 4.78 is 1.89. The first kappa shape index (κ1) is 24.4. The van der Waals surface area contributed by atoms with Crippen LogP contribution in [0.4, 0.5) is 5.82 Å². The Labute approximate surface area is 215 Å². The highest BCUT2D eigenvalue weighted by Crippen LogP contribution is 2.34. The molecule has 0 saturated carbocycles. The molecule has 1 atom stereocenters. The number of fused-ring (bicyclic) bond motifs is 1. The van der Waals surface area contributed by atoms with Crippen LogP contribution in [-0.2, 0) is 11.2 Å². The summed E-state index contributed by atoms with van der Waals surface area (Å²) in [6.07, 6.45) is 5.66. The van der Waals surface area contributed by atoms with E-state index in [1.807, 2.05) is 60.1 Å². The van der Waals surface area contributed by atoms with E-state index in [4.69, 9.17) is 10.8 Å². The summed E-state index contributed by atoms with van der Waals surface area (Å²) in [5.74, 6) is 0.427. The highest BCUT2D eigenvalue weighted by atomic mass is 16.2. The maximum absolute atomic E-state index is 12.6. The lowest BCUT2D eigenvalue weighted by Crippen LogP contribution is -2.40. The number of likely N-dealkylation sites (tertiary alicyclic amines) is 1. The monoisotopic (exact) mass is 494 g/mol. The highest BCUT2D eigenvalue weighted by Gasteiger charge is 2.28. The molecule has 0 aliphatic carbocycles. The molecule has 0 spiro atoms. The number of hydrogen-bond acceptors (Lipinski definition) is 6. The van der Waals surface area contributed by atoms with Crippen molar-refractivity contribution in [1.29, 1.82) is 0 Å². The van der Waals surface area contributed by atoms with Crippen molar-refractivity contribution in [3.05, 3.63) is 84.2 Å². The minimum Gasteiger partial charge on any atom is -0.383 e. The van der Waals surface area contributed by atoms with E-state index >= 15 is 0 Å². The average molecular weight is 495 g/mol. The second-order valence-corrected chi connectivity index (χ2v) is 9.52. The van der Waals surface area contributed by atoms with Crippen LogP contribution in [-0.4, -0.2) is 49.4 Å². The van der Waals surface area contributed by atoms with Gasteiger partial charge >= 0.3 is 0 Å². The lowest BCUT2D eigenvalue weighted by molar-refractivity contribution is -0.127. The van der Waals surface area contributed by atoms with E-state index < -0.39 is 0 Å². The van der Waals surface area contributed by atoms with Crippen molar-refractivity contribution in [3.63, 3.8) is 0 Å². The molecule has 8 nitrogen and oxygen atoms in total. The lowest BCUT2D eigenvalue weighted by atomic mass is 10.0. The van der Waals surface area contributed by atoms with Crippen molar-refractivity contribution >= 4 is 28.5 Å². The van der Waals surface area contributed by atoms with Crippen molar-refractivity contribution in [2.45, 2.75) is 38.6 Å². The first-order valence-electron chi connectivity index (χ1n) is 12.5. The summed E-state index contributed by atoms with van der Waals surface area (Å²) in [7, 11) is 0. The van der Waals surface area contributed by atoms with Gasteiger partial charge < -0.3 is 10.6 Å². The van der Waals surface area contributed by atoms with Gasteiger partial charge in [-0.3, -0.25) is 9.59 Å². The largest absolute Gasteiger partial charge is 0.383 e. The number of hydrogen-bond donors (Lipinski definition) is 1. The van der Waals surface area contributed by atoms with E-state index in [9.17, 15) is 9.59 Å². The van der Waals surface area contributed by atoms with Gasteiger partial charge in [-0.05, 0) is 37.8 Å². The molecule has 3 heterocycles. The van der Waals surface area contributed by atoms with Crippen LogP contribution < -0.4 is 5.73 Å². The Morgan fingerprint density at radius 1 is 1.11 bits per heavy atom. The van der Waals surface area contributed by atoms with E-state index in [0.29, 0.717) is 48.5 Å². The summed E-state index contributed by atoms with van der Waals surface area (Å²) in [5.41, 5.74) is 11.5. The standard InChI is InChI=1S/C29H30N6O2/c1-3-25(37)34-16-4-5-23(17-34)35-29-26(28(30)31-18-32-29)27(33-35)22-13-8-20(9-14-22)10-15-24(36)21-11-6-19(2)7-12-21/h3,6-9,11-14,18,23H,1,4-5,10,15-17H2,2H3,(H2,30,31,32)/t23-/m1/s1. The summed E-state index contributed by atoms with van der Waals surface area (Å²) in [6, 6.07) is 15.7. The summed E-state index contributed by atoms with van der Waals surface area (Å²) >= 11 is 0. The van der Waals surface area contributed by atoms with Gasteiger partial charge in [0.1, 0.15) is 17.8 Å². The predicted octanol–water partition coefficient (Wildman–Crippen LogP) is 4.55. The number of nitrogens with two attached hydrogens (primary N) is 1. The maximum atomic E-state index is 12.6. The number of nitrogen functional groups attached to an aromatic ring is 1. The smallest absolute Gasteiger partial charge is 0.246 e. The van der Waals surface area contributed by atoms with Gasteiger partial charge in [0.2, 0.25) is 5.91 Å². The van der Waals surface area contributed by atoms with Gasteiger partial charge in [0.05, 0.1) is 11.4 Å². The zero-order valence-electron chi connectivity index (χ0n) is 20.9. The van der Waals surface area contributed by atoms with Gasteiger partial charge in [0.25, 0.3) is 0 Å². The second-order valence-electron chi connectivity index (χ2n) is 9.52. The average Bonchev–Trinajstić information content (AvgIpc) is 3.33. The van der Waals surface area contributed by atoms with Crippen LogP contribution >= 0.6 is 0 Å². The zero-order chi connectivity index (χ0) is 25.9. The molecule has 1 aliphatic rings. The Balaban J connectivity index is 1.39. The van der Waals surface area contributed by atoms with Crippen molar-refractivity contribution in [1.82, 2.24) is 24.6 Å². The minimum absolute atomic E-state index is 0.0183. The van der Waals surface area contributed by atoms with Crippen molar-refractivity contribution in [2.75, 3.05) is 18.8 Å². The van der Waals surface area contributed by atoms with Crippen LogP contribution in [0.15, 0.2) is 67.5 Å². The first-order valence-corrected chi connectivity index (χ1v) is 12.5. The summed E-state index contributed by atoms with van der Waals surface area (Å²) in [5, 5.41) is 5.64. The number of rotatable bonds is 7. The normalized spacial score (nSPS) is 15.6. The molecule has 2 N–H and O–H groups in total. The number of carbonyl (C=O) groups is 2. The van der Waals surface area contributed by atoms with E-state index in [1.54, 1.807) is 4.90 Å². The molecule has 0 radical (unpaired) electrons. The van der Waals surface area contributed by atoms with Crippen LogP contribution in [0, 0.1) is 6.92 Å². The Hall–Kier alpha value is -4.33. The third-order valence-electron chi connectivity index (χ3n) is 6.99. The molecule has 5 rings (SSSR count). The van der Waals surface area contributed by atoms with Gasteiger partial charge in [0, 0.05) is 30.6 Å². The van der Waals surface area contributed by atoms with E-state index in [0.717, 1.165) is 35.1 Å². The molecule has 0 bridgehead atoms. The topological polar surface area (TPSA) is 107 Å². The quantitative estimate of drug-likeness (QED) is 0.298. The molecule has 1 saturated heterocycles. The molecule has 37 heavy (non-hydrogen) atoms. The number of amides is 1. The Morgan fingerprint density at radius 2 is 1.86 bits per heavy atom. The molecule has 1 amide bonds. The Bertz CT molecular complexity index is 1460. The number of anilines is 1. The van der Waals surface area contributed by atoms with Gasteiger partial charge in [-0.1, -0.05) is 60.7 Å². The Morgan fingerprint density at radius 3 is 2.59 bits per heavy atom. The molecule has 8 heteroatoms. The molecule has 4 aromatic rings. The number of benzene rings is 2. The van der Waals surface area contributed by atoms with Crippen LogP contribution in [0.3, 0.4) is 0 Å². The second kappa shape index (κ2) is 10.3. The van der Waals surface area contributed by atoms with Crippen molar-refractivity contribution in [2.24, 2.45) is 0 Å². The molecule has 0 unspecified atom stereocenters. The van der Waals surface area contributed by atoms with Gasteiger partial charge in [-0.25, -0.2) is 14.6 Å². The lowest BCUT2D eigenvalue weighted by Gasteiger charge is -2.32. The highest BCUT2D eigenvalue weighted by molar-refractivity contribution is 5.98. The third-order valence-corrected chi connectivity index (χ3v) is 6.99. The molecular weight excluding hydrogens is 464 g/mol. The maximum Gasteiger partial charge on any atom is 0.246 e. The molecular formula is C29H30N6O2. The van der Waals surface area contributed by atoms with Crippen LogP contribution in [0.25, 0.3) is 22.3 Å². The van der Waals surface area contributed by atoms with E-state index in [1.165, 1.54) is 12.4 Å². The van der Waals surface area contributed by atoms with E-state index in [2.05, 4.69) is 16.5 Å². The minimum atomic E-state index is -0.0769. The van der Waals surface area contributed by atoms with Gasteiger partial charge in [-0.15, -0.1) is 0 Å². The molecule has 188 valence electrons. The van der Waals surface area contributed by atoms with Crippen LogP contribution in [0.1, 0.15) is 46.8 Å². The number of carbonyl (C=O) groups excluding carboxylic acids is 2. The van der Waals surface area contributed by atoms with Crippen LogP contribution in [0.2, 0.25) is 0 Å². The molecule has 2 aromatic carbocycles. The Kier molecular flexibility index (Phi) is 6.81. The molecule has 1 fully saturated rings.